The molecule has 0 radical (unpaired) electrons. The molecule has 2 heterocycles. The highest BCUT2D eigenvalue weighted by Crippen LogP contribution is 2.67. The van der Waals surface area contributed by atoms with Crippen LogP contribution in [0.4, 0.5) is 0 Å². The molecule has 2 fully saturated rings. The summed E-state index contributed by atoms with van der Waals surface area (Å²) in [6.07, 6.45) is 4.31. The van der Waals surface area contributed by atoms with Crippen LogP contribution < -0.4 is 4.74 Å². The zero-order chi connectivity index (χ0) is 24.6. The van der Waals surface area contributed by atoms with Crippen LogP contribution >= 0.6 is 0 Å². The molecule has 7 nitrogen and oxygen atoms in total. The van der Waals surface area contributed by atoms with Crippen molar-refractivity contribution in [2.24, 2.45) is 22.7 Å². The molecule has 2 saturated carbocycles. The summed E-state index contributed by atoms with van der Waals surface area (Å²) in [5.74, 6) is 0.277. The summed E-state index contributed by atoms with van der Waals surface area (Å²) in [5, 5.41) is 30.8. The zero-order valence-electron chi connectivity index (χ0n) is 20.7. The van der Waals surface area contributed by atoms with Gasteiger partial charge in [0.1, 0.15) is 17.1 Å². The molecule has 1 aromatic rings. The van der Waals surface area contributed by atoms with Gasteiger partial charge in [-0.1, -0.05) is 27.7 Å². The number of carbonyl (C=O) groups is 2. The van der Waals surface area contributed by atoms with Crippen molar-refractivity contribution in [3.63, 3.8) is 0 Å². The quantitative estimate of drug-likeness (QED) is 0.610. The molecule has 5 rings (SSSR count). The second-order valence-corrected chi connectivity index (χ2v) is 11.9. The molecule has 1 spiro atoms. The Hall–Kier alpha value is -2.28. The number of carboxylic acids is 1. The Morgan fingerprint density at radius 1 is 1.21 bits per heavy atom. The van der Waals surface area contributed by atoms with Gasteiger partial charge in [0.05, 0.1) is 18.2 Å². The predicted molar refractivity (Wildman–Crippen MR) is 126 cm³/mol. The fraction of sp³-hybridized carbons (Fsp3) is 0.704. The number of aromatic hydroxyl groups is 1. The third kappa shape index (κ3) is 3.05. The van der Waals surface area contributed by atoms with E-state index < -0.39 is 11.6 Å². The van der Waals surface area contributed by atoms with Gasteiger partial charge in [0.2, 0.25) is 0 Å². The van der Waals surface area contributed by atoms with Crippen LogP contribution in [0.15, 0.2) is 6.07 Å². The number of aliphatic hydroxyl groups is 1. The van der Waals surface area contributed by atoms with Crippen LogP contribution in [0, 0.1) is 22.7 Å². The van der Waals surface area contributed by atoms with Crippen LogP contribution in [-0.4, -0.2) is 50.3 Å². The van der Waals surface area contributed by atoms with E-state index in [4.69, 9.17) is 9.84 Å². The van der Waals surface area contributed by atoms with Gasteiger partial charge in [-0.05, 0) is 55.4 Å². The van der Waals surface area contributed by atoms with Gasteiger partial charge in [0.25, 0.3) is 5.91 Å². The fourth-order valence-corrected chi connectivity index (χ4v) is 7.93. The van der Waals surface area contributed by atoms with Gasteiger partial charge in [-0.2, -0.15) is 0 Å². The molecule has 7 heteroatoms. The standard InChI is InChI=1S/C27H37NO6/c1-15-7-8-20-25(2,3)21(30)9-10-26(20,4)27(15)13-17-19(29)12-16-18(23(17)34-27)14-28(24(16)33)11-5-6-22(31)32/h12,15,20-21,29-30H,5-11,13-14H2,1-4H3,(H,31,32)/t15-,20+,21+,26-,27+/m0/s1. The fourth-order valence-electron chi connectivity index (χ4n) is 7.93. The Morgan fingerprint density at radius 2 is 1.94 bits per heavy atom. The number of fused-ring (bicyclic) bond motifs is 5. The van der Waals surface area contributed by atoms with Crippen molar-refractivity contribution in [1.82, 2.24) is 4.90 Å². The number of rotatable bonds is 4. The minimum absolute atomic E-state index is 0.0159. The van der Waals surface area contributed by atoms with Crippen molar-refractivity contribution in [2.75, 3.05) is 6.54 Å². The van der Waals surface area contributed by atoms with E-state index in [1.165, 1.54) is 0 Å². The lowest BCUT2D eigenvalue weighted by Gasteiger charge is -2.64. The first kappa shape index (κ1) is 23.5. The number of carboxylic acid groups (broad SMARTS) is 1. The van der Waals surface area contributed by atoms with E-state index in [0.29, 0.717) is 43.2 Å². The molecule has 2 aliphatic carbocycles. The van der Waals surface area contributed by atoms with E-state index >= 15 is 0 Å². The maximum Gasteiger partial charge on any atom is 0.303 e. The first-order valence-corrected chi connectivity index (χ1v) is 12.7. The minimum atomic E-state index is -0.873. The normalized spacial score (nSPS) is 35.6. The summed E-state index contributed by atoms with van der Waals surface area (Å²) in [6, 6.07) is 1.58. The van der Waals surface area contributed by atoms with E-state index in [0.717, 1.165) is 36.8 Å². The van der Waals surface area contributed by atoms with Gasteiger partial charge < -0.3 is 25.0 Å². The number of aliphatic carboxylic acids is 1. The number of carbonyl (C=O) groups excluding carboxylic acids is 1. The Bertz CT molecular complexity index is 1050. The van der Waals surface area contributed by atoms with Gasteiger partial charge in [-0.3, -0.25) is 9.59 Å². The van der Waals surface area contributed by atoms with Gasteiger partial charge in [0.15, 0.2) is 0 Å². The average Bonchev–Trinajstić information content (AvgIpc) is 3.31. The van der Waals surface area contributed by atoms with Crippen molar-refractivity contribution in [3.05, 3.63) is 22.8 Å². The molecule has 0 bridgehead atoms. The first-order valence-electron chi connectivity index (χ1n) is 12.7. The Balaban J connectivity index is 1.52. The molecule has 0 saturated heterocycles. The van der Waals surface area contributed by atoms with Gasteiger partial charge >= 0.3 is 5.97 Å². The number of hydrogen-bond donors (Lipinski definition) is 3. The molecule has 34 heavy (non-hydrogen) atoms. The summed E-state index contributed by atoms with van der Waals surface area (Å²) < 4.78 is 7.00. The third-order valence-electron chi connectivity index (χ3n) is 9.99. The number of aliphatic hydroxyl groups excluding tert-OH is 1. The largest absolute Gasteiger partial charge is 0.508 e. The van der Waals surface area contributed by atoms with Gasteiger partial charge in [0, 0.05) is 35.9 Å². The monoisotopic (exact) mass is 471 g/mol. The van der Waals surface area contributed by atoms with Crippen molar-refractivity contribution in [1.29, 1.82) is 0 Å². The van der Waals surface area contributed by atoms with Crippen molar-refractivity contribution in [3.8, 4) is 11.5 Å². The van der Waals surface area contributed by atoms with Crippen molar-refractivity contribution < 1.29 is 29.6 Å². The highest BCUT2D eigenvalue weighted by molar-refractivity contribution is 6.00. The number of phenolic OH excluding ortho intramolecular Hbond substituents is 1. The van der Waals surface area contributed by atoms with Crippen LogP contribution in [0.1, 0.15) is 87.7 Å². The van der Waals surface area contributed by atoms with E-state index in [2.05, 4.69) is 27.7 Å². The number of hydrogen-bond acceptors (Lipinski definition) is 5. The zero-order valence-corrected chi connectivity index (χ0v) is 20.7. The molecule has 0 aromatic heterocycles. The van der Waals surface area contributed by atoms with Crippen LogP contribution in [0.25, 0.3) is 0 Å². The topological polar surface area (TPSA) is 107 Å². The number of phenols is 1. The molecule has 3 N–H and O–H groups in total. The maximum absolute atomic E-state index is 13.1. The van der Waals surface area contributed by atoms with Crippen molar-refractivity contribution in [2.45, 2.75) is 90.9 Å². The van der Waals surface area contributed by atoms with E-state index in [-0.39, 0.29) is 40.9 Å². The summed E-state index contributed by atoms with van der Waals surface area (Å²) in [5.41, 5.74) is 1.18. The Morgan fingerprint density at radius 3 is 2.65 bits per heavy atom. The number of benzene rings is 1. The van der Waals surface area contributed by atoms with Crippen LogP contribution in [-0.2, 0) is 17.8 Å². The highest BCUT2D eigenvalue weighted by Gasteiger charge is 2.67. The Kier molecular flexibility index (Phi) is 5.25. The maximum atomic E-state index is 13.1. The Labute approximate surface area is 201 Å². The summed E-state index contributed by atoms with van der Waals surface area (Å²) >= 11 is 0. The molecule has 4 aliphatic rings. The molecule has 186 valence electrons. The van der Waals surface area contributed by atoms with Crippen molar-refractivity contribution >= 4 is 11.9 Å². The van der Waals surface area contributed by atoms with Crippen LogP contribution in [0.5, 0.6) is 11.5 Å². The molecular formula is C27H37NO6. The number of amides is 1. The average molecular weight is 472 g/mol. The van der Waals surface area contributed by atoms with Gasteiger partial charge in [-0.15, -0.1) is 0 Å². The molecule has 5 atom stereocenters. The number of nitrogens with zero attached hydrogens (tertiary/aromatic N) is 1. The van der Waals surface area contributed by atoms with E-state index in [1.807, 2.05) is 0 Å². The second-order valence-electron chi connectivity index (χ2n) is 11.9. The summed E-state index contributed by atoms with van der Waals surface area (Å²) in [6.45, 7) is 9.65. The lowest BCUT2D eigenvalue weighted by molar-refractivity contribution is -0.210. The number of ether oxygens (including phenoxy) is 1. The van der Waals surface area contributed by atoms with E-state index in [1.54, 1.807) is 11.0 Å². The predicted octanol–water partition coefficient (Wildman–Crippen LogP) is 4.12. The molecule has 1 amide bonds. The SMILES string of the molecule is C[C@H]1CC[C@@H]2C(C)(C)[C@H](O)CC[C@]2(C)[C@@]12Cc1c(O)cc3c(c1O2)CN(CCCC(=O)O)C3=O. The molecule has 0 unspecified atom stereocenters. The molecule has 2 aliphatic heterocycles. The molecular weight excluding hydrogens is 434 g/mol. The third-order valence-corrected chi connectivity index (χ3v) is 9.99. The summed E-state index contributed by atoms with van der Waals surface area (Å²) in [4.78, 5) is 25.6. The van der Waals surface area contributed by atoms with Crippen LogP contribution in [0.3, 0.4) is 0 Å². The highest BCUT2D eigenvalue weighted by atomic mass is 16.5. The van der Waals surface area contributed by atoms with Gasteiger partial charge in [-0.25, -0.2) is 0 Å². The minimum Gasteiger partial charge on any atom is -0.508 e. The second kappa shape index (κ2) is 7.61. The molecule has 1 aromatic carbocycles. The first-order chi connectivity index (χ1) is 15.9. The van der Waals surface area contributed by atoms with Crippen LogP contribution in [0.2, 0.25) is 0 Å². The lowest BCUT2D eigenvalue weighted by atomic mass is 9.43. The summed E-state index contributed by atoms with van der Waals surface area (Å²) in [7, 11) is 0. The lowest BCUT2D eigenvalue weighted by Crippen LogP contribution is -2.66. The van der Waals surface area contributed by atoms with E-state index in [9.17, 15) is 19.8 Å². The smallest absolute Gasteiger partial charge is 0.303 e.